The van der Waals surface area contributed by atoms with Gasteiger partial charge in [0.1, 0.15) is 45.6 Å². The minimum absolute atomic E-state index is 0.0275. The molecule has 20 nitrogen and oxygen atoms in total. The van der Waals surface area contributed by atoms with Crippen LogP contribution < -0.4 is 32.6 Å². The van der Waals surface area contributed by atoms with E-state index < -0.39 is 29.6 Å². The van der Waals surface area contributed by atoms with Crippen LogP contribution in [0.15, 0.2) is 57.5 Å². The molecule has 1 saturated heterocycles. The highest BCUT2D eigenvalue weighted by Gasteiger charge is 2.52. The lowest BCUT2D eigenvalue weighted by Gasteiger charge is -2.32. The topological polar surface area (TPSA) is 296 Å². The van der Waals surface area contributed by atoms with Gasteiger partial charge >= 0.3 is 7.12 Å². The Labute approximate surface area is 518 Å². The van der Waals surface area contributed by atoms with Crippen LogP contribution in [0.1, 0.15) is 118 Å². The van der Waals surface area contributed by atoms with E-state index in [-0.39, 0.29) is 60.0 Å². The third-order valence-corrected chi connectivity index (χ3v) is 16.1. The smallest absolute Gasteiger partial charge is 0.398 e. The van der Waals surface area contributed by atoms with E-state index in [1.165, 1.54) is 18.2 Å². The highest BCUT2D eigenvalue weighted by molar-refractivity contribution is 9.11. The number of hydrogen-bond acceptors (Lipinski definition) is 16. The first-order valence-electron chi connectivity index (χ1n) is 27.5. The van der Waals surface area contributed by atoms with Crippen LogP contribution in [0.2, 0.25) is 5.15 Å². The summed E-state index contributed by atoms with van der Waals surface area (Å²) in [4.78, 5) is 56.5. The van der Waals surface area contributed by atoms with Gasteiger partial charge in [-0.3, -0.25) is 9.59 Å². The predicted octanol–water partition coefficient (Wildman–Crippen LogP) is 9.37. The molecule has 3 aliphatic heterocycles. The van der Waals surface area contributed by atoms with Gasteiger partial charge in [-0.15, -0.1) is 0 Å². The summed E-state index contributed by atoms with van der Waals surface area (Å²) in [6.45, 7) is 25.5. The molecular weight excluding hydrogens is 1270 g/mol. The van der Waals surface area contributed by atoms with Crippen LogP contribution in [-0.4, -0.2) is 135 Å². The molecule has 3 aliphatic rings. The molecule has 11 rings (SSSR count). The number of anilines is 2. The minimum atomic E-state index is -0.607. The molecule has 0 bridgehead atoms. The summed E-state index contributed by atoms with van der Waals surface area (Å²) in [5.41, 5.74) is 12.7. The summed E-state index contributed by atoms with van der Waals surface area (Å²) in [5.74, 6) is -0.370. The highest BCUT2D eigenvalue weighted by Crippen LogP contribution is 2.37. The molecule has 8 aromatic rings. The van der Waals surface area contributed by atoms with Crippen LogP contribution in [0, 0.1) is 38.2 Å². The third kappa shape index (κ3) is 15.7. The molecule has 3 aromatic carbocycles. The van der Waals surface area contributed by atoms with E-state index in [9.17, 15) is 33.0 Å². The maximum atomic E-state index is 14.9. The number of nitrogens with two attached hydrogens (primary N) is 1. The van der Waals surface area contributed by atoms with Crippen LogP contribution >= 0.6 is 43.5 Å². The van der Waals surface area contributed by atoms with Gasteiger partial charge in [0.15, 0.2) is 5.15 Å². The lowest BCUT2D eigenvalue weighted by molar-refractivity contribution is 0.00578. The van der Waals surface area contributed by atoms with Gasteiger partial charge in [0, 0.05) is 48.5 Å². The number of aryl methyl sites for hydroxylation is 3. The molecule has 0 radical (unpaired) electrons. The van der Waals surface area contributed by atoms with Crippen LogP contribution in [0.3, 0.4) is 0 Å². The van der Waals surface area contributed by atoms with Gasteiger partial charge in [-0.2, -0.15) is 0 Å². The van der Waals surface area contributed by atoms with E-state index in [2.05, 4.69) is 93.0 Å². The Bertz CT molecular complexity index is 3830. The fourth-order valence-corrected chi connectivity index (χ4v) is 9.50. The molecule has 11 N–H and O–H groups in total. The fraction of sp³-hybridized carbons (Fsp3) is 0.424. The zero-order valence-electron chi connectivity index (χ0n) is 50.1. The Morgan fingerprint density at radius 3 is 1.48 bits per heavy atom. The predicted molar refractivity (Wildman–Crippen MR) is 336 cm³/mol. The van der Waals surface area contributed by atoms with Gasteiger partial charge in [0.05, 0.1) is 107 Å². The van der Waals surface area contributed by atoms with Crippen molar-refractivity contribution >= 4 is 113 Å². The second-order valence-corrected chi connectivity index (χ2v) is 25.9. The second kappa shape index (κ2) is 26.5. The number of fused-ring (bicyclic) bond motifs is 5. The van der Waals surface area contributed by atoms with Gasteiger partial charge in [-0.25, -0.2) is 43.1 Å². The molecule has 8 heterocycles. The average Bonchev–Trinajstić information content (AvgIpc) is 3.74. The number of benzene rings is 3. The number of hydrogen-bond donors (Lipinski definition) is 10. The number of aliphatic hydroxyl groups is 3. The monoisotopic (exact) mass is 1340 g/mol. The van der Waals surface area contributed by atoms with E-state index in [1.54, 1.807) is 45.0 Å². The minimum Gasteiger partial charge on any atom is -0.398 e. The molecule has 86 heavy (non-hydrogen) atoms. The van der Waals surface area contributed by atoms with Crippen molar-refractivity contribution in [3.63, 3.8) is 0 Å². The van der Waals surface area contributed by atoms with Crippen LogP contribution in [0.25, 0.3) is 44.4 Å². The molecule has 1 fully saturated rings. The van der Waals surface area contributed by atoms with E-state index in [4.69, 9.17) is 31.7 Å². The third-order valence-electron chi connectivity index (χ3n) is 14.2. The number of nitrogens with one attached hydrogen (secondary N) is 6. The maximum Gasteiger partial charge on any atom is 0.512 e. The average molecular weight is 1340 g/mol. The maximum absolute atomic E-state index is 14.9. The van der Waals surface area contributed by atoms with Crippen LogP contribution in [-0.2, 0) is 22.2 Å². The molecule has 0 aliphatic carbocycles. The van der Waals surface area contributed by atoms with E-state index in [1.807, 2.05) is 75.3 Å². The SMILES string of the molecule is CC(C)(N)CO.CC1(C)OB(c2cc3c([nH]2)CCNC3=O)OC1(C)C.Cc1nc2ccc(F)c(-c3cc4c([nH]3)CCNC4=O)c2nc1NC(C)(C)CO.Cc1nc2ccc(F)c(Br)c2nc1Cl.Cc1nc2ccc(F)c(Br)c2nc1NC(C)(C)CO. The van der Waals surface area contributed by atoms with Gasteiger partial charge in [-0.1, -0.05) is 11.6 Å². The van der Waals surface area contributed by atoms with Crippen LogP contribution in [0.5, 0.6) is 0 Å². The fourth-order valence-electron chi connectivity index (χ4n) is 8.52. The van der Waals surface area contributed by atoms with Crippen molar-refractivity contribution in [3.8, 4) is 11.3 Å². The first-order valence-corrected chi connectivity index (χ1v) is 29.5. The number of aromatic amines is 2. The summed E-state index contributed by atoms with van der Waals surface area (Å²) in [7, 11) is -0.441. The summed E-state index contributed by atoms with van der Waals surface area (Å²) >= 11 is 12.1. The van der Waals surface area contributed by atoms with E-state index >= 15 is 0 Å². The van der Waals surface area contributed by atoms with Crippen molar-refractivity contribution in [1.29, 1.82) is 0 Å². The molecule has 2 amide bonds. The Hall–Kier alpha value is -6.36. The molecule has 460 valence electrons. The Kier molecular flexibility index (Phi) is 20.7. The molecular formula is C59H72BBr2ClF3N13O7. The van der Waals surface area contributed by atoms with E-state index in [0.717, 1.165) is 23.4 Å². The van der Waals surface area contributed by atoms with Crippen molar-refractivity contribution in [2.45, 2.75) is 131 Å². The molecule has 0 spiro atoms. The summed E-state index contributed by atoms with van der Waals surface area (Å²) < 4.78 is 54.0. The van der Waals surface area contributed by atoms with Crippen molar-refractivity contribution in [2.75, 3.05) is 43.5 Å². The van der Waals surface area contributed by atoms with E-state index in [0.29, 0.717) is 112 Å². The summed E-state index contributed by atoms with van der Waals surface area (Å²) in [6, 6.07) is 12.3. The zero-order chi connectivity index (χ0) is 63.6. The number of aliphatic hydroxyl groups excluding tert-OH is 3. The van der Waals surface area contributed by atoms with Gasteiger partial charge in [-0.05, 0) is 170 Å². The molecule has 0 saturated carbocycles. The zero-order valence-corrected chi connectivity index (χ0v) is 54.1. The number of H-pyrrole nitrogens is 2. The van der Waals surface area contributed by atoms with Crippen molar-refractivity contribution < 1.29 is 47.4 Å². The highest BCUT2D eigenvalue weighted by atomic mass is 79.9. The normalized spacial score (nSPS) is 15.2. The number of rotatable bonds is 9. The second-order valence-electron chi connectivity index (χ2n) is 23.9. The lowest BCUT2D eigenvalue weighted by Crippen LogP contribution is -2.41. The number of amides is 2. The van der Waals surface area contributed by atoms with Crippen molar-refractivity contribution in [3.05, 3.63) is 120 Å². The number of nitrogens with zero attached hydrogens (tertiary/aromatic N) is 6. The largest absolute Gasteiger partial charge is 0.512 e. The van der Waals surface area contributed by atoms with Gasteiger partial charge in [0.2, 0.25) is 0 Å². The van der Waals surface area contributed by atoms with Crippen LogP contribution in [0.4, 0.5) is 24.8 Å². The van der Waals surface area contributed by atoms with Gasteiger partial charge in [0.25, 0.3) is 11.8 Å². The Morgan fingerprint density at radius 2 is 1.03 bits per heavy atom. The molecule has 0 unspecified atom stereocenters. The van der Waals surface area contributed by atoms with Crippen molar-refractivity contribution in [1.82, 2.24) is 50.5 Å². The molecule has 0 atom stereocenters. The quantitative estimate of drug-likeness (QED) is 0.0602. The first kappa shape index (κ1) is 67.2. The lowest BCUT2D eigenvalue weighted by atomic mass is 9.85. The van der Waals surface area contributed by atoms with Crippen molar-refractivity contribution in [2.24, 2.45) is 5.73 Å². The number of carbonyl (C=O) groups is 2. The molecule has 5 aromatic heterocycles. The Balaban J connectivity index is 0.000000163. The number of carbonyl (C=O) groups excluding carboxylic acids is 2. The standard InChI is InChI=1S/C20H22FN5O2.C13H19BN2O3.C13H15BrFN3O.C9H5BrClFN2.C4H11NO/c1-10-18(26-20(2,3)9-27)25-17-14(23-10)5-4-12(21)16(17)15-8-11-13(24-15)6-7-22-19(11)28;1-12(2)13(3,4)19-14(18-12)10-7-8-9(16-10)5-6-15-11(8)17;1-7-12(18-13(2,3)6-19)17-11-9(16-7)5-4-8(15)10(11)14;1-4-9(11)14-8-6(13-4)3-2-5(12)7(8)10;1-4(2,5)3-6/h4-5,8,24,27H,6-7,9H2,1-3H3,(H,22,28)(H,25,26);7,16H,5-6H2,1-4H3,(H,15,17);4-5,19H,6H2,1-3H3,(H,17,18);2-3H,1H3;6H,3,5H2,1-2H3. The van der Waals surface area contributed by atoms with Gasteiger partial charge < -0.3 is 61.6 Å². The summed E-state index contributed by atoms with van der Waals surface area (Å²) in [6.07, 6.45) is 1.48. The molecule has 27 heteroatoms. The number of aromatic nitrogens is 8. The first-order chi connectivity index (χ1) is 40.1. The Morgan fingerprint density at radius 1 is 0.628 bits per heavy atom. The summed E-state index contributed by atoms with van der Waals surface area (Å²) in [5, 5.41) is 39.3. The number of halogens is 6.